The summed E-state index contributed by atoms with van der Waals surface area (Å²) in [6, 6.07) is 10.2. The first-order valence-electron chi connectivity index (χ1n) is 5.69. The van der Waals surface area contributed by atoms with Crippen LogP contribution in [-0.2, 0) is 11.2 Å². The average molecular weight is 267 g/mol. The van der Waals surface area contributed by atoms with Crippen LogP contribution in [0.25, 0.3) is 10.8 Å². The minimum atomic E-state index is -0.102. The maximum atomic E-state index is 6.34. The zero-order valence-electron chi connectivity index (χ0n) is 9.25. The number of hydrogen-bond donors (Lipinski definition) is 0. The van der Waals surface area contributed by atoms with E-state index in [-0.39, 0.29) is 5.38 Å². The fourth-order valence-electron chi connectivity index (χ4n) is 2.42. The van der Waals surface area contributed by atoms with E-state index in [2.05, 4.69) is 6.07 Å². The molecule has 17 heavy (non-hydrogen) atoms. The van der Waals surface area contributed by atoms with Crippen molar-refractivity contribution in [2.75, 3.05) is 13.2 Å². The summed E-state index contributed by atoms with van der Waals surface area (Å²) in [7, 11) is 0. The van der Waals surface area contributed by atoms with Crippen LogP contribution >= 0.6 is 23.2 Å². The Morgan fingerprint density at radius 1 is 1.18 bits per heavy atom. The van der Waals surface area contributed by atoms with Crippen molar-refractivity contribution in [3.05, 3.63) is 46.5 Å². The fraction of sp³-hybridized carbons (Fsp3) is 0.286. The van der Waals surface area contributed by atoms with Gasteiger partial charge >= 0.3 is 0 Å². The van der Waals surface area contributed by atoms with Gasteiger partial charge in [-0.3, -0.25) is 0 Å². The van der Waals surface area contributed by atoms with E-state index in [1.165, 1.54) is 10.9 Å². The highest BCUT2D eigenvalue weighted by Crippen LogP contribution is 2.36. The standard InChI is InChI=1S/C14H12Cl2O/c15-13-7-12-10(5-6-17-8-14(12)16)9-3-1-2-4-11(9)13/h1-4,7,14H,5-6,8H2. The Kier molecular flexibility index (Phi) is 2.99. The summed E-state index contributed by atoms with van der Waals surface area (Å²) in [6.45, 7) is 1.28. The first-order chi connectivity index (χ1) is 8.27. The molecule has 1 heterocycles. The zero-order chi connectivity index (χ0) is 11.8. The molecule has 0 aromatic heterocycles. The van der Waals surface area contributed by atoms with Crippen LogP contribution in [0.4, 0.5) is 0 Å². The molecule has 1 nitrogen and oxygen atoms in total. The first-order valence-corrected chi connectivity index (χ1v) is 6.50. The first kappa shape index (κ1) is 11.3. The Balaban J connectivity index is 2.34. The normalized spacial score (nSPS) is 20.0. The molecule has 2 aromatic carbocycles. The predicted octanol–water partition coefficient (Wildman–Crippen LogP) is 4.35. The number of hydrogen-bond acceptors (Lipinski definition) is 1. The maximum absolute atomic E-state index is 6.34. The van der Waals surface area contributed by atoms with Gasteiger partial charge in [0.15, 0.2) is 0 Å². The van der Waals surface area contributed by atoms with Gasteiger partial charge in [0.25, 0.3) is 0 Å². The van der Waals surface area contributed by atoms with E-state index < -0.39 is 0 Å². The van der Waals surface area contributed by atoms with E-state index in [0.717, 1.165) is 29.0 Å². The van der Waals surface area contributed by atoms with E-state index in [4.69, 9.17) is 27.9 Å². The van der Waals surface area contributed by atoms with Crippen molar-refractivity contribution in [3.63, 3.8) is 0 Å². The quantitative estimate of drug-likeness (QED) is 0.645. The highest BCUT2D eigenvalue weighted by molar-refractivity contribution is 6.36. The minimum absolute atomic E-state index is 0.102. The summed E-state index contributed by atoms with van der Waals surface area (Å²) in [5, 5.41) is 2.96. The van der Waals surface area contributed by atoms with Crippen molar-refractivity contribution in [3.8, 4) is 0 Å². The van der Waals surface area contributed by atoms with Gasteiger partial charge in [-0.05, 0) is 29.0 Å². The highest BCUT2D eigenvalue weighted by atomic mass is 35.5. The van der Waals surface area contributed by atoms with Gasteiger partial charge in [0.1, 0.15) is 0 Å². The number of fused-ring (bicyclic) bond motifs is 3. The lowest BCUT2D eigenvalue weighted by Gasteiger charge is -2.14. The van der Waals surface area contributed by atoms with Crippen molar-refractivity contribution < 1.29 is 4.74 Å². The number of benzene rings is 2. The van der Waals surface area contributed by atoms with Crippen LogP contribution in [0, 0.1) is 0 Å². The molecule has 3 heteroatoms. The predicted molar refractivity (Wildman–Crippen MR) is 72.1 cm³/mol. The van der Waals surface area contributed by atoms with Crippen LogP contribution in [0.15, 0.2) is 30.3 Å². The molecule has 88 valence electrons. The van der Waals surface area contributed by atoms with Crippen molar-refractivity contribution in [2.24, 2.45) is 0 Å². The molecule has 1 unspecified atom stereocenters. The third-order valence-corrected chi connectivity index (χ3v) is 3.91. The summed E-state index contributed by atoms with van der Waals surface area (Å²) < 4.78 is 5.50. The van der Waals surface area contributed by atoms with Gasteiger partial charge in [-0.2, -0.15) is 0 Å². The Morgan fingerprint density at radius 2 is 1.94 bits per heavy atom. The molecule has 3 rings (SSSR count). The van der Waals surface area contributed by atoms with Crippen LogP contribution in [-0.4, -0.2) is 13.2 Å². The third-order valence-electron chi connectivity index (χ3n) is 3.24. The Labute approximate surface area is 110 Å². The average Bonchev–Trinajstić information content (AvgIpc) is 2.53. The molecule has 1 atom stereocenters. The lowest BCUT2D eigenvalue weighted by atomic mass is 9.95. The lowest BCUT2D eigenvalue weighted by Crippen LogP contribution is -1.99. The number of halogens is 2. The zero-order valence-corrected chi connectivity index (χ0v) is 10.8. The van der Waals surface area contributed by atoms with E-state index >= 15 is 0 Å². The van der Waals surface area contributed by atoms with Crippen LogP contribution in [0.1, 0.15) is 16.5 Å². The second-order valence-electron chi connectivity index (χ2n) is 4.26. The van der Waals surface area contributed by atoms with Crippen LogP contribution in [0.5, 0.6) is 0 Å². The number of ether oxygens (including phenoxy) is 1. The monoisotopic (exact) mass is 266 g/mol. The molecule has 0 bridgehead atoms. The summed E-state index contributed by atoms with van der Waals surface area (Å²) >= 11 is 12.7. The third kappa shape index (κ3) is 1.93. The van der Waals surface area contributed by atoms with E-state index in [1.807, 2.05) is 24.3 Å². The molecule has 0 aliphatic carbocycles. The van der Waals surface area contributed by atoms with Gasteiger partial charge in [0, 0.05) is 10.4 Å². The van der Waals surface area contributed by atoms with Crippen LogP contribution < -0.4 is 0 Å². The molecular formula is C14H12Cl2O. The molecule has 0 amide bonds. The summed E-state index contributed by atoms with van der Waals surface area (Å²) in [5.41, 5.74) is 2.40. The van der Waals surface area contributed by atoms with Gasteiger partial charge in [-0.1, -0.05) is 35.9 Å². The van der Waals surface area contributed by atoms with Crippen molar-refractivity contribution in [1.29, 1.82) is 0 Å². The maximum Gasteiger partial charge on any atom is 0.0822 e. The smallest absolute Gasteiger partial charge is 0.0822 e. The Bertz CT molecular complexity index is 565. The highest BCUT2D eigenvalue weighted by Gasteiger charge is 2.20. The van der Waals surface area contributed by atoms with E-state index in [9.17, 15) is 0 Å². The van der Waals surface area contributed by atoms with Gasteiger partial charge in [-0.25, -0.2) is 0 Å². The SMILES string of the molecule is Clc1cc2c(c3ccccc13)CCOCC2Cl. The molecule has 2 aromatic rings. The molecule has 1 aliphatic heterocycles. The second-order valence-corrected chi connectivity index (χ2v) is 5.20. The van der Waals surface area contributed by atoms with Gasteiger partial charge in [-0.15, -0.1) is 11.6 Å². The molecule has 0 saturated heterocycles. The molecule has 0 spiro atoms. The van der Waals surface area contributed by atoms with Crippen LogP contribution in [0.2, 0.25) is 5.02 Å². The van der Waals surface area contributed by atoms with E-state index in [1.54, 1.807) is 0 Å². The minimum Gasteiger partial charge on any atom is -0.379 e. The number of alkyl halides is 1. The van der Waals surface area contributed by atoms with Gasteiger partial charge < -0.3 is 4.74 Å². The molecule has 0 N–H and O–H groups in total. The summed E-state index contributed by atoms with van der Waals surface area (Å²) in [4.78, 5) is 0. The number of rotatable bonds is 0. The Hall–Kier alpha value is -0.760. The van der Waals surface area contributed by atoms with Crippen LogP contribution in [0.3, 0.4) is 0 Å². The molecule has 0 radical (unpaired) electrons. The van der Waals surface area contributed by atoms with E-state index in [0.29, 0.717) is 6.61 Å². The molecule has 0 saturated carbocycles. The van der Waals surface area contributed by atoms with Crippen molar-refractivity contribution in [2.45, 2.75) is 11.8 Å². The Morgan fingerprint density at radius 3 is 2.76 bits per heavy atom. The lowest BCUT2D eigenvalue weighted by molar-refractivity contribution is 0.144. The molecule has 0 fully saturated rings. The van der Waals surface area contributed by atoms with Crippen molar-refractivity contribution >= 4 is 34.0 Å². The fourth-order valence-corrected chi connectivity index (χ4v) is 2.99. The van der Waals surface area contributed by atoms with Gasteiger partial charge in [0.2, 0.25) is 0 Å². The molecular weight excluding hydrogens is 255 g/mol. The van der Waals surface area contributed by atoms with Gasteiger partial charge in [0.05, 0.1) is 18.6 Å². The topological polar surface area (TPSA) is 9.23 Å². The molecule has 1 aliphatic rings. The second kappa shape index (κ2) is 4.49. The van der Waals surface area contributed by atoms with Crippen molar-refractivity contribution in [1.82, 2.24) is 0 Å². The largest absolute Gasteiger partial charge is 0.379 e. The summed E-state index contributed by atoms with van der Waals surface area (Å²) in [5.74, 6) is 0. The summed E-state index contributed by atoms with van der Waals surface area (Å²) in [6.07, 6.45) is 0.899.